The molecule has 0 heterocycles. The lowest BCUT2D eigenvalue weighted by molar-refractivity contribution is -0.137. The SMILES string of the molecule is NCc1ccc(C(F)(F)F)cc1CO. The van der Waals surface area contributed by atoms with Crippen molar-refractivity contribution in [1.29, 1.82) is 0 Å². The van der Waals surface area contributed by atoms with Crippen LogP contribution in [0.15, 0.2) is 18.2 Å². The molecule has 0 radical (unpaired) electrons. The zero-order valence-corrected chi connectivity index (χ0v) is 7.30. The fourth-order valence-corrected chi connectivity index (χ4v) is 1.15. The van der Waals surface area contributed by atoms with E-state index < -0.39 is 18.3 Å². The maximum absolute atomic E-state index is 12.2. The fraction of sp³-hybridized carbons (Fsp3) is 0.333. The minimum atomic E-state index is -4.38. The zero-order chi connectivity index (χ0) is 10.8. The highest BCUT2D eigenvalue weighted by atomic mass is 19.4. The third-order valence-electron chi connectivity index (χ3n) is 1.92. The van der Waals surface area contributed by atoms with Crippen LogP contribution in [-0.2, 0) is 19.3 Å². The normalized spacial score (nSPS) is 11.8. The molecule has 0 aromatic heterocycles. The van der Waals surface area contributed by atoms with Crippen LogP contribution >= 0.6 is 0 Å². The van der Waals surface area contributed by atoms with Gasteiger partial charge in [-0.25, -0.2) is 0 Å². The Hall–Kier alpha value is -1.07. The predicted octanol–water partition coefficient (Wildman–Crippen LogP) is 1.66. The number of alkyl halides is 3. The monoisotopic (exact) mass is 205 g/mol. The van der Waals surface area contributed by atoms with Gasteiger partial charge in [-0.3, -0.25) is 0 Å². The average Bonchev–Trinajstić information content (AvgIpc) is 2.15. The largest absolute Gasteiger partial charge is 0.416 e. The van der Waals surface area contributed by atoms with Crippen molar-refractivity contribution in [2.24, 2.45) is 5.73 Å². The lowest BCUT2D eigenvalue weighted by atomic mass is 10.0. The van der Waals surface area contributed by atoms with Gasteiger partial charge in [-0.2, -0.15) is 13.2 Å². The highest BCUT2D eigenvalue weighted by Crippen LogP contribution is 2.30. The molecule has 0 unspecified atom stereocenters. The number of hydrogen-bond acceptors (Lipinski definition) is 2. The molecular formula is C9H10F3NO. The molecule has 0 bridgehead atoms. The highest BCUT2D eigenvalue weighted by Gasteiger charge is 2.30. The molecule has 14 heavy (non-hydrogen) atoms. The third-order valence-corrected chi connectivity index (χ3v) is 1.92. The molecule has 0 saturated carbocycles. The summed E-state index contributed by atoms with van der Waals surface area (Å²) in [6.07, 6.45) is -4.38. The molecule has 0 amide bonds. The first-order valence-electron chi connectivity index (χ1n) is 3.99. The summed E-state index contributed by atoms with van der Waals surface area (Å²) in [7, 11) is 0. The Morgan fingerprint density at radius 1 is 1.21 bits per heavy atom. The summed E-state index contributed by atoms with van der Waals surface area (Å²) in [5.41, 5.74) is 5.28. The lowest BCUT2D eigenvalue weighted by Gasteiger charge is -2.10. The van der Waals surface area contributed by atoms with Gasteiger partial charge < -0.3 is 10.8 Å². The summed E-state index contributed by atoms with van der Waals surface area (Å²) in [5.74, 6) is 0. The van der Waals surface area contributed by atoms with Crippen molar-refractivity contribution in [1.82, 2.24) is 0 Å². The van der Waals surface area contributed by atoms with E-state index in [9.17, 15) is 13.2 Å². The van der Waals surface area contributed by atoms with Crippen molar-refractivity contribution in [3.8, 4) is 0 Å². The van der Waals surface area contributed by atoms with Gasteiger partial charge in [0.05, 0.1) is 12.2 Å². The highest BCUT2D eigenvalue weighted by molar-refractivity contribution is 5.32. The molecule has 0 saturated heterocycles. The van der Waals surface area contributed by atoms with Crippen LogP contribution in [0, 0.1) is 0 Å². The first-order chi connectivity index (χ1) is 6.49. The zero-order valence-electron chi connectivity index (χ0n) is 7.30. The van der Waals surface area contributed by atoms with E-state index in [1.165, 1.54) is 6.07 Å². The average molecular weight is 205 g/mol. The minimum Gasteiger partial charge on any atom is -0.392 e. The van der Waals surface area contributed by atoms with Gasteiger partial charge in [0.1, 0.15) is 0 Å². The topological polar surface area (TPSA) is 46.2 Å². The Morgan fingerprint density at radius 3 is 2.29 bits per heavy atom. The maximum Gasteiger partial charge on any atom is 0.416 e. The Morgan fingerprint density at radius 2 is 1.86 bits per heavy atom. The summed E-state index contributed by atoms with van der Waals surface area (Å²) in [5, 5.41) is 8.82. The Labute approximate surface area is 79.2 Å². The number of aliphatic hydroxyl groups is 1. The fourth-order valence-electron chi connectivity index (χ4n) is 1.15. The van der Waals surface area contributed by atoms with Crippen molar-refractivity contribution in [3.63, 3.8) is 0 Å². The molecule has 0 atom stereocenters. The van der Waals surface area contributed by atoms with E-state index in [1.54, 1.807) is 0 Å². The molecule has 0 aliphatic carbocycles. The van der Waals surface area contributed by atoms with E-state index in [0.717, 1.165) is 12.1 Å². The van der Waals surface area contributed by atoms with Crippen molar-refractivity contribution < 1.29 is 18.3 Å². The minimum absolute atomic E-state index is 0.119. The van der Waals surface area contributed by atoms with Gasteiger partial charge in [0.15, 0.2) is 0 Å². The third kappa shape index (κ3) is 2.24. The van der Waals surface area contributed by atoms with Crippen molar-refractivity contribution in [2.75, 3.05) is 0 Å². The molecule has 1 aromatic rings. The molecule has 5 heteroatoms. The van der Waals surface area contributed by atoms with Crippen LogP contribution in [0.3, 0.4) is 0 Å². The number of halogens is 3. The first-order valence-corrected chi connectivity index (χ1v) is 3.99. The van der Waals surface area contributed by atoms with Crippen LogP contribution in [0.4, 0.5) is 13.2 Å². The van der Waals surface area contributed by atoms with Gasteiger partial charge in [0.25, 0.3) is 0 Å². The van der Waals surface area contributed by atoms with E-state index in [2.05, 4.69) is 0 Å². The Kier molecular flexibility index (Phi) is 3.13. The number of benzene rings is 1. The van der Waals surface area contributed by atoms with Gasteiger partial charge in [-0.15, -0.1) is 0 Å². The second-order valence-electron chi connectivity index (χ2n) is 2.84. The smallest absolute Gasteiger partial charge is 0.392 e. The molecule has 1 rings (SSSR count). The van der Waals surface area contributed by atoms with Crippen LogP contribution in [0.2, 0.25) is 0 Å². The summed E-state index contributed by atoms with van der Waals surface area (Å²) >= 11 is 0. The van der Waals surface area contributed by atoms with Gasteiger partial charge >= 0.3 is 6.18 Å². The van der Waals surface area contributed by atoms with E-state index in [0.29, 0.717) is 5.56 Å². The summed E-state index contributed by atoms with van der Waals surface area (Å²) in [6, 6.07) is 3.16. The molecule has 78 valence electrons. The second kappa shape index (κ2) is 3.98. The molecule has 2 nitrogen and oxygen atoms in total. The standard InChI is InChI=1S/C9H10F3NO/c10-9(11,12)8-2-1-6(4-13)7(3-8)5-14/h1-3,14H,4-5,13H2. The van der Waals surface area contributed by atoms with Crippen LogP contribution in [-0.4, -0.2) is 5.11 Å². The molecule has 0 fully saturated rings. The summed E-state index contributed by atoms with van der Waals surface area (Å²) < 4.78 is 36.7. The van der Waals surface area contributed by atoms with Crippen LogP contribution < -0.4 is 5.73 Å². The second-order valence-corrected chi connectivity index (χ2v) is 2.84. The van der Waals surface area contributed by atoms with Crippen LogP contribution in [0.5, 0.6) is 0 Å². The molecule has 0 spiro atoms. The number of nitrogens with two attached hydrogens (primary N) is 1. The molecule has 1 aromatic carbocycles. The first kappa shape index (κ1) is 11.0. The molecule has 0 aliphatic rings. The van der Waals surface area contributed by atoms with Gasteiger partial charge in [-0.05, 0) is 23.3 Å². The quantitative estimate of drug-likeness (QED) is 0.771. The van der Waals surface area contributed by atoms with E-state index in [-0.39, 0.29) is 12.1 Å². The van der Waals surface area contributed by atoms with E-state index in [1.807, 2.05) is 0 Å². The van der Waals surface area contributed by atoms with Crippen molar-refractivity contribution >= 4 is 0 Å². The van der Waals surface area contributed by atoms with E-state index >= 15 is 0 Å². The predicted molar refractivity (Wildman–Crippen MR) is 45.3 cm³/mol. The number of aliphatic hydroxyl groups excluding tert-OH is 1. The van der Waals surface area contributed by atoms with Gasteiger partial charge in [0.2, 0.25) is 0 Å². The van der Waals surface area contributed by atoms with E-state index in [4.69, 9.17) is 10.8 Å². The van der Waals surface area contributed by atoms with Crippen LogP contribution in [0.25, 0.3) is 0 Å². The lowest BCUT2D eigenvalue weighted by Crippen LogP contribution is -2.08. The van der Waals surface area contributed by atoms with Crippen LogP contribution in [0.1, 0.15) is 16.7 Å². The van der Waals surface area contributed by atoms with Crippen molar-refractivity contribution in [2.45, 2.75) is 19.3 Å². The van der Waals surface area contributed by atoms with Gasteiger partial charge in [0, 0.05) is 6.54 Å². The molecular weight excluding hydrogens is 195 g/mol. The molecule has 3 N–H and O–H groups in total. The van der Waals surface area contributed by atoms with Crippen molar-refractivity contribution in [3.05, 3.63) is 34.9 Å². The summed E-state index contributed by atoms with van der Waals surface area (Å²) in [6.45, 7) is -0.315. The Balaban J connectivity index is 3.14. The summed E-state index contributed by atoms with van der Waals surface area (Å²) in [4.78, 5) is 0. The Bertz CT molecular complexity index is 322. The molecule has 0 aliphatic heterocycles. The number of rotatable bonds is 2. The maximum atomic E-state index is 12.2. The van der Waals surface area contributed by atoms with Gasteiger partial charge in [-0.1, -0.05) is 6.07 Å². The number of hydrogen-bond donors (Lipinski definition) is 2.